The van der Waals surface area contributed by atoms with Crippen molar-refractivity contribution in [2.45, 2.75) is 57.0 Å². The summed E-state index contributed by atoms with van der Waals surface area (Å²) in [7, 11) is 0. The number of carbonyl (C=O) groups is 3. The van der Waals surface area contributed by atoms with E-state index in [1.54, 1.807) is 6.07 Å². The molecule has 0 aliphatic carbocycles. The number of nitrogens with two attached hydrogens (primary N) is 1. The number of halogens is 1. The molecule has 3 fully saturated rings. The van der Waals surface area contributed by atoms with Crippen LogP contribution in [0.1, 0.15) is 69.9 Å². The third-order valence-electron chi connectivity index (χ3n) is 8.73. The first-order valence-electron chi connectivity index (χ1n) is 13.5. The quantitative estimate of drug-likeness (QED) is 0.526. The fraction of sp³-hybridized carbons (Fsp3) is 0.483. The molecule has 3 atom stereocenters. The van der Waals surface area contributed by atoms with E-state index in [9.17, 15) is 14.4 Å². The lowest BCUT2D eigenvalue weighted by Gasteiger charge is -2.50. The highest BCUT2D eigenvalue weighted by molar-refractivity contribution is 9.10. The van der Waals surface area contributed by atoms with Crippen molar-refractivity contribution in [3.05, 3.63) is 57.1 Å². The number of ether oxygens (including phenoxy) is 1. The van der Waals surface area contributed by atoms with Gasteiger partial charge in [-0.25, -0.2) is 0 Å². The molecule has 3 N–H and O–H groups in total. The number of nitrogen functional groups attached to an aromatic ring is 1. The van der Waals surface area contributed by atoms with Crippen LogP contribution >= 0.6 is 15.9 Å². The number of fused-ring (bicyclic) bond motifs is 3. The van der Waals surface area contributed by atoms with E-state index in [1.807, 2.05) is 41.0 Å². The van der Waals surface area contributed by atoms with Gasteiger partial charge in [0.1, 0.15) is 0 Å². The van der Waals surface area contributed by atoms with Gasteiger partial charge in [-0.2, -0.15) is 0 Å². The first-order valence-corrected chi connectivity index (χ1v) is 14.3. The van der Waals surface area contributed by atoms with Gasteiger partial charge in [0.2, 0.25) is 5.91 Å². The van der Waals surface area contributed by atoms with E-state index in [0.717, 1.165) is 53.4 Å². The molecule has 0 radical (unpaired) electrons. The molecule has 0 aromatic heterocycles. The van der Waals surface area contributed by atoms with Crippen LogP contribution in [0.2, 0.25) is 0 Å². The number of rotatable bonds is 3. The standard InChI is InChI=1S/C29H33BrN4O4/c1-16-11-23(30)24(31)13-21(16)29(37)34-19-3-2-4-20(34)15-33(14-19)28(36)18-5-6-25-22(12-18)26(27(35)32-25)17-7-9-38-10-8-17/h5-6,11-13,17,19-20,26H,2-4,7-10,14-15,31H2,1H3,(H,32,35). The Kier molecular flexibility index (Phi) is 6.68. The minimum absolute atomic E-state index is 0.00933. The smallest absolute Gasteiger partial charge is 0.254 e. The van der Waals surface area contributed by atoms with Crippen molar-refractivity contribution in [2.75, 3.05) is 37.4 Å². The fourth-order valence-electron chi connectivity index (χ4n) is 6.78. The van der Waals surface area contributed by atoms with Crippen molar-refractivity contribution in [3.63, 3.8) is 0 Å². The molecule has 0 saturated carbocycles. The van der Waals surface area contributed by atoms with Crippen LogP contribution in [0.25, 0.3) is 0 Å². The lowest BCUT2D eigenvalue weighted by Crippen LogP contribution is -2.63. The first-order chi connectivity index (χ1) is 18.3. The fourth-order valence-corrected chi connectivity index (χ4v) is 7.24. The summed E-state index contributed by atoms with van der Waals surface area (Å²) in [6.45, 7) is 4.27. The predicted molar refractivity (Wildman–Crippen MR) is 148 cm³/mol. The maximum atomic E-state index is 13.8. The maximum Gasteiger partial charge on any atom is 0.254 e. The molecular weight excluding hydrogens is 548 g/mol. The topological polar surface area (TPSA) is 105 Å². The molecular formula is C29H33BrN4O4. The largest absolute Gasteiger partial charge is 0.398 e. The molecule has 6 rings (SSSR count). The number of aryl methyl sites for hydroxylation is 1. The normalized spacial score (nSPS) is 25.2. The van der Waals surface area contributed by atoms with Crippen LogP contribution in [0, 0.1) is 12.8 Å². The number of amides is 3. The van der Waals surface area contributed by atoms with Crippen molar-refractivity contribution in [2.24, 2.45) is 5.92 Å². The van der Waals surface area contributed by atoms with Crippen molar-refractivity contribution in [1.29, 1.82) is 0 Å². The summed E-state index contributed by atoms with van der Waals surface area (Å²) < 4.78 is 6.29. The molecule has 2 bridgehead atoms. The van der Waals surface area contributed by atoms with Crippen LogP contribution in [-0.4, -0.2) is 65.9 Å². The van der Waals surface area contributed by atoms with Gasteiger partial charge in [-0.05, 0) is 102 Å². The molecule has 4 heterocycles. The van der Waals surface area contributed by atoms with Crippen LogP contribution in [-0.2, 0) is 9.53 Å². The summed E-state index contributed by atoms with van der Waals surface area (Å²) in [5, 5.41) is 3.01. The summed E-state index contributed by atoms with van der Waals surface area (Å²) >= 11 is 3.45. The second kappa shape index (κ2) is 10.0. The van der Waals surface area contributed by atoms with E-state index in [1.165, 1.54) is 0 Å². The Balaban J connectivity index is 1.23. The summed E-state index contributed by atoms with van der Waals surface area (Å²) in [5.74, 6) is -0.0460. The third-order valence-corrected chi connectivity index (χ3v) is 9.42. The van der Waals surface area contributed by atoms with Crippen LogP contribution in [0.3, 0.4) is 0 Å². The Morgan fingerprint density at radius 1 is 1.03 bits per heavy atom. The van der Waals surface area contributed by atoms with Gasteiger partial charge in [0.15, 0.2) is 0 Å². The highest BCUT2D eigenvalue weighted by Gasteiger charge is 2.43. The zero-order chi connectivity index (χ0) is 26.6. The SMILES string of the molecule is Cc1cc(Br)c(N)cc1C(=O)N1C2CCCC1CN(C(=O)c1ccc3c(c1)C(C1CCOCC1)C(=O)N3)C2. The second-order valence-electron chi connectivity index (χ2n) is 11.1. The van der Waals surface area contributed by atoms with Gasteiger partial charge >= 0.3 is 0 Å². The zero-order valence-corrected chi connectivity index (χ0v) is 23.1. The van der Waals surface area contributed by atoms with E-state index < -0.39 is 0 Å². The molecule has 3 saturated heterocycles. The third kappa shape index (κ3) is 4.39. The number of likely N-dealkylation sites (tertiary alicyclic amines) is 1. The Morgan fingerprint density at radius 3 is 2.45 bits per heavy atom. The maximum absolute atomic E-state index is 13.8. The van der Waals surface area contributed by atoms with E-state index in [4.69, 9.17) is 10.5 Å². The molecule has 8 nitrogen and oxygen atoms in total. The van der Waals surface area contributed by atoms with Crippen LogP contribution in [0.5, 0.6) is 0 Å². The Morgan fingerprint density at radius 2 is 1.74 bits per heavy atom. The minimum atomic E-state index is -0.239. The Bertz CT molecular complexity index is 1290. The molecule has 9 heteroatoms. The van der Waals surface area contributed by atoms with Gasteiger partial charge in [0.25, 0.3) is 11.8 Å². The number of anilines is 2. The Hall–Kier alpha value is -2.91. The minimum Gasteiger partial charge on any atom is -0.398 e. The second-order valence-corrected chi connectivity index (χ2v) is 11.9. The lowest BCUT2D eigenvalue weighted by molar-refractivity contribution is -0.118. The van der Waals surface area contributed by atoms with Gasteiger partial charge in [-0.15, -0.1) is 0 Å². The van der Waals surface area contributed by atoms with E-state index in [0.29, 0.717) is 43.1 Å². The number of benzene rings is 2. The number of nitrogens with one attached hydrogen (secondary N) is 1. The van der Waals surface area contributed by atoms with Crippen LogP contribution in [0.15, 0.2) is 34.8 Å². The van der Waals surface area contributed by atoms with Gasteiger partial charge in [0.05, 0.1) is 18.0 Å². The summed E-state index contributed by atoms with van der Waals surface area (Å²) in [6.07, 6.45) is 4.47. The zero-order valence-electron chi connectivity index (χ0n) is 21.5. The lowest BCUT2D eigenvalue weighted by atomic mass is 9.81. The van der Waals surface area contributed by atoms with Gasteiger partial charge in [0, 0.05) is 53.3 Å². The highest BCUT2D eigenvalue weighted by atomic mass is 79.9. The van der Waals surface area contributed by atoms with Crippen molar-refractivity contribution in [3.8, 4) is 0 Å². The molecule has 38 heavy (non-hydrogen) atoms. The van der Waals surface area contributed by atoms with Crippen LogP contribution < -0.4 is 11.1 Å². The number of piperazine rings is 1. The van der Waals surface area contributed by atoms with Crippen LogP contribution in [0.4, 0.5) is 11.4 Å². The number of carbonyl (C=O) groups excluding carboxylic acids is 3. The van der Waals surface area contributed by atoms with E-state index >= 15 is 0 Å². The number of hydrogen-bond acceptors (Lipinski definition) is 5. The molecule has 2 aromatic rings. The average Bonchev–Trinajstić information content (AvgIpc) is 3.24. The van der Waals surface area contributed by atoms with E-state index in [2.05, 4.69) is 21.2 Å². The van der Waals surface area contributed by atoms with Gasteiger partial charge in [-0.1, -0.05) is 0 Å². The number of hydrogen-bond donors (Lipinski definition) is 2. The molecule has 4 aliphatic rings. The molecule has 200 valence electrons. The number of piperidine rings is 1. The van der Waals surface area contributed by atoms with Crippen molar-refractivity contribution >= 4 is 45.0 Å². The van der Waals surface area contributed by atoms with E-state index in [-0.39, 0.29) is 41.6 Å². The highest BCUT2D eigenvalue weighted by Crippen LogP contribution is 2.42. The van der Waals surface area contributed by atoms with Gasteiger partial charge in [-0.3, -0.25) is 14.4 Å². The summed E-state index contributed by atoms with van der Waals surface area (Å²) in [4.78, 5) is 44.2. The average molecular weight is 582 g/mol. The van der Waals surface area contributed by atoms with Gasteiger partial charge < -0.3 is 25.6 Å². The number of nitrogens with zero attached hydrogens (tertiary/aromatic N) is 2. The summed E-state index contributed by atoms with van der Waals surface area (Å²) in [5.41, 5.74) is 10.5. The molecule has 2 aromatic carbocycles. The Labute approximate surface area is 231 Å². The first kappa shape index (κ1) is 25.4. The molecule has 3 unspecified atom stereocenters. The molecule has 4 aliphatic heterocycles. The molecule has 3 amide bonds. The molecule has 0 spiro atoms. The summed E-state index contributed by atoms with van der Waals surface area (Å²) in [6, 6.07) is 9.17. The predicted octanol–water partition coefficient (Wildman–Crippen LogP) is 4.32. The van der Waals surface area contributed by atoms with Crippen molar-refractivity contribution in [1.82, 2.24) is 9.80 Å². The van der Waals surface area contributed by atoms with Crippen molar-refractivity contribution < 1.29 is 19.1 Å². The monoisotopic (exact) mass is 580 g/mol.